The maximum Gasteiger partial charge on any atom is 0.204 e. The molecule has 0 aromatic heterocycles. The molecule has 4 rings (SSSR count). The fourth-order valence-electron chi connectivity index (χ4n) is 3.10. The molecule has 7 heteroatoms. The molecular weight excluding hydrogens is 440 g/mol. The first kappa shape index (κ1) is 22.4. The van der Waals surface area contributed by atoms with Crippen molar-refractivity contribution in [1.29, 1.82) is 15.8 Å². The van der Waals surface area contributed by atoms with E-state index >= 15 is 0 Å². The summed E-state index contributed by atoms with van der Waals surface area (Å²) < 4.78 is 17.4. The third-order valence-corrected chi connectivity index (χ3v) is 4.80. The summed E-state index contributed by atoms with van der Waals surface area (Å²) in [7, 11) is 0. The highest BCUT2D eigenvalue weighted by Crippen LogP contribution is 2.31. The molecule has 7 nitrogen and oxygen atoms in total. The van der Waals surface area contributed by atoms with E-state index in [2.05, 4.69) is 4.85 Å². The van der Waals surface area contributed by atoms with Crippen molar-refractivity contribution in [2.75, 3.05) is 0 Å². The van der Waals surface area contributed by atoms with Crippen molar-refractivity contribution in [3.05, 3.63) is 113 Å². The Morgan fingerprint density at radius 2 is 0.857 bits per heavy atom. The normalized spacial score (nSPS) is 9.60. The van der Waals surface area contributed by atoms with Crippen LogP contribution in [0.2, 0.25) is 0 Å². The maximum atomic E-state index is 9.15. The second-order valence-corrected chi connectivity index (χ2v) is 7.08. The van der Waals surface area contributed by atoms with Crippen LogP contribution in [0.25, 0.3) is 4.85 Å². The molecule has 0 amide bonds. The molecule has 0 radical (unpaired) electrons. The molecule has 0 saturated heterocycles. The Morgan fingerprint density at radius 1 is 0.486 bits per heavy atom. The number of hydrogen-bond acceptors (Lipinski definition) is 6. The van der Waals surface area contributed by atoms with E-state index in [1.165, 1.54) is 12.1 Å². The number of rotatable bonds is 6. The van der Waals surface area contributed by atoms with Gasteiger partial charge >= 0.3 is 0 Å². The number of ether oxygens (including phenoxy) is 3. The standard InChI is InChI=1S/C28H14N4O3/c1-32-28-13-12-27(15-21(28)18-31)35-25-10-6-23(7-11-25)33-22-4-8-24(9-5-22)34-26-3-2-19(16-29)20(14-26)17-30/h2-15H. The molecule has 0 atom stereocenters. The molecule has 0 saturated carbocycles. The highest BCUT2D eigenvalue weighted by molar-refractivity contribution is 5.61. The Balaban J connectivity index is 1.39. The molecule has 0 aliphatic rings. The van der Waals surface area contributed by atoms with Crippen LogP contribution in [0, 0.1) is 40.6 Å². The van der Waals surface area contributed by atoms with Gasteiger partial charge in [0.05, 0.1) is 29.3 Å². The van der Waals surface area contributed by atoms with E-state index in [0.29, 0.717) is 40.1 Å². The van der Waals surface area contributed by atoms with Crippen molar-refractivity contribution in [2.24, 2.45) is 0 Å². The van der Waals surface area contributed by atoms with Gasteiger partial charge in [0.1, 0.15) is 46.6 Å². The molecule has 0 spiro atoms. The number of nitriles is 3. The third kappa shape index (κ3) is 5.36. The van der Waals surface area contributed by atoms with E-state index in [-0.39, 0.29) is 16.8 Å². The molecule has 0 unspecified atom stereocenters. The molecule has 0 fully saturated rings. The third-order valence-electron chi connectivity index (χ3n) is 4.80. The lowest BCUT2D eigenvalue weighted by molar-refractivity contribution is 0.464. The van der Waals surface area contributed by atoms with Crippen molar-refractivity contribution in [3.8, 4) is 52.7 Å². The van der Waals surface area contributed by atoms with Gasteiger partial charge in [-0.3, -0.25) is 0 Å². The minimum absolute atomic E-state index is 0.253. The lowest BCUT2D eigenvalue weighted by atomic mass is 10.1. The zero-order valence-electron chi connectivity index (χ0n) is 18.1. The van der Waals surface area contributed by atoms with Gasteiger partial charge < -0.3 is 14.2 Å². The van der Waals surface area contributed by atoms with E-state index < -0.39 is 0 Å². The fourth-order valence-corrected chi connectivity index (χ4v) is 3.10. The lowest BCUT2D eigenvalue weighted by Gasteiger charge is -2.10. The first-order valence-electron chi connectivity index (χ1n) is 10.2. The van der Waals surface area contributed by atoms with E-state index in [9.17, 15) is 0 Å². The van der Waals surface area contributed by atoms with Gasteiger partial charge in [-0.15, -0.1) is 0 Å². The summed E-state index contributed by atoms with van der Waals surface area (Å²) in [6.07, 6.45) is 0. The second kappa shape index (κ2) is 10.2. The predicted molar refractivity (Wildman–Crippen MR) is 126 cm³/mol. The van der Waals surface area contributed by atoms with Crippen LogP contribution in [-0.2, 0) is 0 Å². The van der Waals surface area contributed by atoms with E-state index in [1.54, 1.807) is 72.8 Å². The summed E-state index contributed by atoms with van der Waals surface area (Å²) in [6, 6.07) is 29.3. The van der Waals surface area contributed by atoms with Crippen LogP contribution in [0.1, 0.15) is 16.7 Å². The van der Waals surface area contributed by atoms with Gasteiger partial charge in [0.25, 0.3) is 0 Å². The molecule has 4 aromatic carbocycles. The van der Waals surface area contributed by atoms with E-state index in [4.69, 9.17) is 36.6 Å². The Hall–Kier alpha value is -5.76. The summed E-state index contributed by atoms with van der Waals surface area (Å²) in [4.78, 5) is 3.31. The van der Waals surface area contributed by atoms with Gasteiger partial charge in [-0.25, -0.2) is 4.85 Å². The monoisotopic (exact) mass is 454 g/mol. The van der Waals surface area contributed by atoms with Gasteiger partial charge in [0, 0.05) is 0 Å². The van der Waals surface area contributed by atoms with Crippen LogP contribution in [0.3, 0.4) is 0 Å². The molecule has 4 aromatic rings. The molecule has 35 heavy (non-hydrogen) atoms. The summed E-state index contributed by atoms with van der Waals surface area (Å²) in [5.74, 6) is 3.21. The minimum Gasteiger partial charge on any atom is -0.457 e. The molecule has 0 heterocycles. The smallest absolute Gasteiger partial charge is 0.204 e. The van der Waals surface area contributed by atoms with Crippen LogP contribution >= 0.6 is 0 Å². The Kier molecular flexibility index (Phi) is 6.56. The highest BCUT2D eigenvalue weighted by atomic mass is 16.5. The first-order chi connectivity index (χ1) is 17.1. The summed E-state index contributed by atoms with van der Waals surface area (Å²) in [5, 5.41) is 27.3. The Labute approximate surface area is 201 Å². The fraction of sp³-hybridized carbons (Fsp3) is 0. The number of benzene rings is 4. The summed E-state index contributed by atoms with van der Waals surface area (Å²) >= 11 is 0. The molecule has 0 aliphatic heterocycles. The molecule has 164 valence electrons. The van der Waals surface area contributed by atoms with Gasteiger partial charge in [-0.2, -0.15) is 15.8 Å². The SMILES string of the molecule is [C-]#[N+]c1ccc(Oc2ccc(Oc3ccc(Oc4ccc(C#N)c(C#N)c4)cc3)cc2)cc1C#N. The number of hydrogen-bond donors (Lipinski definition) is 0. The summed E-state index contributed by atoms with van der Waals surface area (Å²) in [5.41, 5.74) is 1.09. The van der Waals surface area contributed by atoms with Gasteiger partial charge in [0.2, 0.25) is 5.69 Å². The number of nitrogens with zero attached hydrogens (tertiary/aromatic N) is 4. The zero-order chi connectivity index (χ0) is 24.6. The van der Waals surface area contributed by atoms with Crippen molar-refractivity contribution >= 4 is 5.69 Å². The van der Waals surface area contributed by atoms with E-state index in [1.807, 2.05) is 18.2 Å². The molecule has 0 bridgehead atoms. The molecule has 0 aliphatic carbocycles. The van der Waals surface area contributed by atoms with Gasteiger partial charge in [0.15, 0.2) is 0 Å². The average molecular weight is 454 g/mol. The van der Waals surface area contributed by atoms with E-state index in [0.717, 1.165) is 0 Å². The predicted octanol–water partition coefficient (Wildman–Crippen LogP) is 7.23. The molecular formula is C28H14N4O3. The van der Waals surface area contributed by atoms with Crippen molar-refractivity contribution < 1.29 is 14.2 Å². The topological polar surface area (TPSA) is 103 Å². The average Bonchev–Trinajstić information content (AvgIpc) is 2.90. The molecule has 0 N–H and O–H groups in total. The van der Waals surface area contributed by atoms with Crippen LogP contribution in [0.4, 0.5) is 5.69 Å². The van der Waals surface area contributed by atoms with Crippen LogP contribution in [0.15, 0.2) is 84.9 Å². The largest absolute Gasteiger partial charge is 0.457 e. The lowest BCUT2D eigenvalue weighted by Crippen LogP contribution is -1.89. The maximum absolute atomic E-state index is 9.15. The van der Waals surface area contributed by atoms with Gasteiger partial charge in [-0.05, 0) is 78.9 Å². The first-order valence-corrected chi connectivity index (χ1v) is 10.2. The second-order valence-electron chi connectivity index (χ2n) is 7.08. The van der Waals surface area contributed by atoms with Crippen LogP contribution < -0.4 is 14.2 Å². The van der Waals surface area contributed by atoms with Gasteiger partial charge in [-0.1, -0.05) is 6.07 Å². The summed E-state index contributed by atoms with van der Waals surface area (Å²) in [6.45, 7) is 7.08. The Bertz CT molecular complexity index is 1430. The Morgan fingerprint density at radius 3 is 1.29 bits per heavy atom. The van der Waals surface area contributed by atoms with Crippen LogP contribution in [0.5, 0.6) is 34.5 Å². The van der Waals surface area contributed by atoms with Crippen molar-refractivity contribution in [2.45, 2.75) is 0 Å². The quantitative estimate of drug-likeness (QED) is 0.285. The van der Waals surface area contributed by atoms with Crippen molar-refractivity contribution in [1.82, 2.24) is 0 Å². The van der Waals surface area contributed by atoms with Crippen LogP contribution in [-0.4, -0.2) is 0 Å². The highest BCUT2D eigenvalue weighted by Gasteiger charge is 2.07. The van der Waals surface area contributed by atoms with Crippen molar-refractivity contribution in [3.63, 3.8) is 0 Å². The minimum atomic E-state index is 0.253. The zero-order valence-corrected chi connectivity index (χ0v) is 18.1.